The molecule has 0 saturated carbocycles. The van der Waals surface area contributed by atoms with E-state index in [-0.39, 0.29) is 0 Å². The predicted octanol–water partition coefficient (Wildman–Crippen LogP) is 3.74. The van der Waals surface area contributed by atoms with Crippen molar-refractivity contribution in [1.82, 2.24) is 0 Å². The summed E-state index contributed by atoms with van der Waals surface area (Å²) in [6, 6.07) is 16.4. The van der Waals surface area contributed by atoms with Gasteiger partial charge in [0.2, 0.25) is 0 Å². The molecule has 88 valence electrons. The molecule has 0 heterocycles. The number of aryl methyl sites for hydroxylation is 1. The van der Waals surface area contributed by atoms with Crippen LogP contribution in [0.4, 0.5) is 17.1 Å². The highest BCUT2D eigenvalue weighted by molar-refractivity contribution is 5.68. The zero-order valence-electron chi connectivity index (χ0n) is 10.4. The van der Waals surface area contributed by atoms with Crippen molar-refractivity contribution in [3.63, 3.8) is 0 Å². The van der Waals surface area contributed by atoms with E-state index in [1.54, 1.807) is 0 Å². The minimum atomic E-state index is 0.800. The number of nitrogen functional groups attached to an aromatic ring is 1. The Hall–Kier alpha value is -1.96. The van der Waals surface area contributed by atoms with Crippen molar-refractivity contribution in [1.29, 1.82) is 0 Å². The van der Waals surface area contributed by atoms with E-state index in [1.807, 2.05) is 18.2 Å². The first kappa shape index (κ1) is 11.5. The van der Waals surface area contributed by atoms with Crippen LogP contribution < -0.4 is 10.6 Å². The molecular formula is C15H18N2. The van der Waals surface area contributed by atoms with E-state index in [9.17, 15) is 0 Å². The van der Waals surface area contributed by atoms with Gasteiger partial charge < -0.3 is 10.6 Å². The van der Waals surface area contributed by atoms with Gasteiger partial charge in [-0.25, -0.2) is 0 Å². The summed E-state index contributed by atoms with van der Waals surface area (Å²) >= 11 is 0. The maximum absolute atomic E-state index is 5.84. The number of nitrogens with zero attached hydrogens (tertiary/aromatic N) is 1. The molecule has 2 aromatic rings. The normalized spacial score (nSPS) is 10.2. The minimum Gasteiger partial charge on any atom is -0.399 e. The molecule has 2 N–H and O–H groups in total. The van der Waals surface area contributed by atoms with E-state index in [4.69, 9.17) is 5.73 Å². The first-order valence-corrected chi connectivity index (χ1v) is 5.91. The number of benzene rings is 2. The molecule has 0 radical (unpaired) electrons. The highest BCUT2D eigenvalue weighted by Gasteiger charge is 2.08. The van der Waals surface area contributed by atoms with Crippen molar-refractivity contribution >= 4 is 17.1 Å². The molecule has 2 aromatic carbocycles. The van der Waals surface area contributed by atoms with Crippen LogP contribution >= 0.6 is 0 Å². The average Bonchev–Trinajstić information content (AvgIpc) is 2.33. The molecule has 0 amide bonds. The first-order valence-electron chi connectivity index (χ1n) is 5.91. The number of rotatable bonds is 3. The molecule has 2 heteroatoms. The van der Waals surface area contributed by atoms with E-state index in [0.29, 0.717) is 0 Å². The summed E-state index contributed by atoms with van der Waals surface area (Å²) in [6.45, 7) is 5.20. The molecule has 2 rings (SSSR count). The summed E-state index contributed by atoms with van der Waals surface area (Å²) in [5.41, 5.74) is 10.3. The summed E-state index contributed by atoms with van der Waals surface area (Å²) in [5.74, 6) is 0. The quantitative estimate of drug-likeness (QED) is 0.808. The molecule has 17 heavy (non-hydrogen) atoms. The van der Waals surface area contributed by atoms with Crippen LogP contribution in [0.3, 0.4) is 0 Å². The monoisotopic (exact) mass is 226 g/mol. The van der Waals surface area contributed by atoms with Crippen LogP contribution in [-0.2, 0) is 0 Å². The number of hydrogen-bond acceptors (Lipinski definition) is 2. The predicted molar refractivity (Wildman–Crippen MR) is 74.7 cm³/mol. The third-order valence-electron chi connectivity index (χ3n) is 2.90. The largest absolute Gasteiger partial charge is 0.399 e. The van der Waals surface area contributed by atoms with Crippen LogP contribution in [0.5, 0.6) is 0 Å². The second kappa shape index (κ2) is 4.91. The van der Waals surface area contributed by atoms with Gasteiger partial charge in [0.25, 0.3) is 0 Å². The Morgan fingerprint density at radius 2 is 1.82 bits per heavy atom. The maximum atomic E-state index is 5.84. The van der Waals surface area contributed by atoms with Crippen LogP contribution in [0, 0.1) is 6.92 Å². The summed E-state index contributed by atoms with van der Waals surface area (Å²) in [6.07, 6.45) is 0. The van der Waals surface area contributed by atoms with Gasteiger partial charge in [-0.15, -0.1) is 0 Å². The smallest absolute Gasteiger partial charge is 0.0440 e. The lowest BCUT2D eigenvalue weighted by Crippen LogP contribution is -2.17. The molecule has 0 bridgehead atoms. The van der Waals surface area contributed by atoms with Gasteiger partial charge in [0.15, 0.2) is 0 Å². The molecular weight excluding hydrogens is 208 g/mol. The first-order chi connectivity index (χ1) is 8.22. The number of anilines is 3. The van der Waals surface area contributed by atoms with Crippen molar-refractivity contribution in [2.75, 3.05) is 17.2 Å². The third kappa shape index (κ3) is 2.41. The van der Waals surface area contributed by atoms with E-state index in [1.165, 1.54) is 11.3 Å². The molecule has 0 saturated heterocycles. The Bertz CT molecular complexity index is 506. The fraction of sp³-hybridized carbons (Fsp3) is 0.200. The van der Waals surface area contributed by atoms with Crippen LogP contribution in [0.25, 0.3) is 0 Å². The van der Waals surface area contributed by atoms with Crippen LogP contribution in [0.1, 0.15) is 12.5 Å². The molecule has 0 aliphatic heterocycles. The van der Waals surface area contributed by atoms with E-state index in [0.717, 1.165) is 17.9 Å². The Morgan fingerprint density at radius 3 is 2.47 bits per heavy atom. The maximum Gasteiger partial charge on any atom is 0.0440 e. The molecule has 0 aromatic heterocycles. The standard InChI is InChI=1S/C15H18N2/c1-3-17(14-9-6-8-13(16)11-14)15-10-5-4-7-12(15)2/h4-11H,3,16H2,1-2H3. The highest BCUT2D eigenvalue weighted by atomic mass is 15.1. The lowest BCUT2D eigenvalue weighted by atomic mass is 10.1. The topological polar surface area (TPSA) is 29.3 Å². The van der Waals surface area contributed by atoms with Crippen molar-refractivity contribution in [3.05, 3.63) is 54.1 Å². The summed E-state index contributed by atoms with van der Waals surface area (Å²) in [4.78, 5) is 2.27. The van der Waals surface area contributed by atoms with Crippen LogP contribution in [0.15, 0.2) is 48.5 Å². The third-order valence-corrected chi connectivity index (χ3v) is 2.90. The van der Waals surface area contributed by atoms with Gasteiger partial charge in [0, 0.05) is 23.6 Å². The van der Waals surface area contributed by atoms with Crippen LogP contribution in [-0.4, -0.2) is 6.54 Å². The fourth-order valence-corrected chi connectivity index (χ4v) is 2.05. The average molecular weight is 226 g/mol. The summed E-state index contributed by atoms with van der Waals surface area (Å²) in [5, 5.41) is 0. The van der Waals surface area contributed by atoms with Gasteiger partial charge in [0.1, 0.15) is 0 Å². The lowest BCUT2D eigenvalue weighted by Gasteiger charge is -2.25. The SMILES string of the molecule is CCN(c1cccc(N)c1)c1ccccc1C. The molecule has 0 fully saturated rings. The summed E-state index contributed by atoms with van der Waals surface area (Å²) < 4.78 is 0. The number of hydrogen-bond donors (Lipinski definition) is 1. The van der Waals surface area contributed by atoms with Crippen molar-refractivity contribution in [2.45, 2.75) is 13.8 Å². The van der Waals surface area contributed by atoms with Gasteiger partial charge in [-0.2, -0.15) is 0 Å². The van der Waals surface area contributed by atoms with Gasteiger partial charge in [-0.1, -0.05) is 24.3 Å². The molecule has 0 unspecified atom stereocenters. The molecule has 0 aliphatic rings. The second-order valence-electron chi connectivity index (χ2n) is 4.13. The molecule has 2 nitrogen and oxygen atoms in total. The minimum absolute atomic E-state index is 0.800. The summed E-state index contributed by atoms with van der Waals surface area (Å²) in [7, 11) is 0. The Balaban J connectivity index is 2.44. The zero-order chi connectivity index (χ0) is 12.3. The lowest BCUT2D eigenvalue weighted by molar-refractivity contribution is 1.02. The Kier molecular flexibility index (Phi) is 3.33. The Labute approximate surface area is 103 Å². The molecule has 0 atom stereocenters. The fourth-order valence-electron chi connectivity index (χ4n) is 2.05. The van der Waals surface area contributed by atoms with Gasteiger partial charge in [0.05, 0.1) is 0 Å². The van der Waals surface area contributed by atoms with E-state index >= 15 is 0 Å². The zero-order valence-corrected chi connectivity index (χ0v) is 10.4. The van der Waals surface area contributed by atoms with E-state index in [2.05, 4.69) is 49.1 Å². The van der Waals surface area contributed by atoms with Gasteiger partial charge in [-0.05, 0) is 43.7 Å². The number of nitrogens with two attached hydrogens (primary N) is 1. The van der Waals surface area contributed by atoms with Crippen molar-refractivity contribution in [3.8, 4) is 0 Å². The Morgan fingerprint density at radius 1 is 1.06 bits per heavy atom. The van der Waals surface area contributed by atoms with Crippen molar-refractivity contribution in [2.24, 2.45) is 0 Å². The second-order valence-corrected chi connectivity index (χ2v) is 4.13. The number of para-hydroxylation sites is 1. The van der Waals surface area contributed by atoms with Gasteiger partial charge in [-0.3, -0.25) is 0 Å². The van der Waals surface area contributed by atoms with Crippen molar-refractivity contribution < 1.29 is 0 Å². The molecule has 0 aliphatic carbocycles. The highest BCUT2D eigenvalue weighted by Crippen LogP contribution is 2.28. The van der Waals surface area contributed by atoms with Crippen LogP contribution in [0.2, 0.25) is 0 Å². The van der Waals surface area contributed by atoms with Gasteiger partial charge >= 0.3 is 0 Å². The molecule has 0 spiro atoms. The van der Waals surface area contributed by atoms with E-state index < -0.39 is 0 Å².